The van der Waals surface area contributed by atoms with Gasteiger partial charge in [0, 0.05) is 18.0 Å². The summed E-state index contributed by atoms with van der Waals surface area (Å²) in [7, 11) is 1.76. The maximum Gasteiger partial charge on any atom is 0.119 e. The summed E-state index contributed by atoms with van der Waals surface area (Å²) in [6.07, 6.45) is 6.74. The van der Waals surface area contributed by atoms with Gasteiger partial charge >= 0.3 is 0 Å². The van der Waals surface area contributed by atoms with Crippen molar-refractivity contribution in [3.05, 3.63) is 29.8 Å². The minimum atomic E-state index is 0.317. The van der Waals surface area contributed by atoms with Crippen LogP contribution in [0.25, 0.3) is 0 Å². The lowest BCUT2D eigenvalue weighted by atomic mass is 9.72. The quantitative estimate of drug-likeness (QED) is 0.873. The molecule has 2 nitrogen and oxygen atoms in total. The van der Waals surface area contributed by atoms with E-state index < -0.39 is 0 Å². The Hall–Kier alpha value is -1.02. The molecule has 0 radical (unpaired) electrons. The highest BCUT2D eigenvalue weighted by Gasteiger charge is 2.42. The molecule has 0 saturated heterocycles. The highest BCUT2D eigenvalue weighted by atomic mass is 16.5. The van der Waals surface area contributed by atoms with Gasteiger partial charge in [0.15, 0.2) is 0 Å². The number of rotatable bonds is 5. The molecule has 0 bridgehead atoms. The molecule has 3 rings (SSSR count). The number of ether oxygens (including phenoxy) is 1. The summed E-state index contributed by atoms with van der Waals surface area (Å²) in [6.45, 7) is 3.55. The third-order valence-corrected chi connectivity index (χ3v) is 5.13. The summed E-state index contributed by atoms with van der Waals surface area (Å²) in [4.78, 5) is 0. The summed E-state index contributed by atoms with van der Waals surface area (Å²) in [5.41, 5.74) is 1.78. The van der Waals surface area contributed by atoms with E-state index >= 15 is 0 Å². The van der Waals surface area contributed by atoms with E-state index in [2.05, 4.69) is 30.4 Å². The van der Waals surface area contributed by atoms with Gasteiger partial charge in [-0.05, 0) is 49.3 Å². The Morgan fingerprint density at radius 3 is 2.79 bits per heavy atom. The number of hydrogen-bond acceptors (Lipinski definition) is 2. The van der Waals surface area contributed by atoms with Crippen LogP contribution in [0.2, 0.25) is 0 Å². The van der Waals surface area contributed by atoms with Gasteiger partial charge in [-0.25, -0.2) is 0 Å². The molecule has 2 heteroatoms. The molecule has 2 aliphatic rings. The summed E-state index contributed by atoms with van der Waals surface area (Å²) in [6, 6.07) is 9.51. The largest absolute Gasteiger partial charge is 0.497 e. The van der Waals surface area contributed by atoms with Gasteiger partial charge in [0.05, 0.1) is 7.11 Å². The van der Waals surface area contributed by atoms with Crippen LogP contribution >= 0.6 is 0 Å². The molecule has 0 spiro atoms. The van der Waals surface area contributed by atoms with E-state index in [1.54, 1.807) is 7.11 Å². The standard InChI is InChI=1S/C17H25NO/c1-13-5-4-10-17(13,12-18-15-8-9-15)14-6-3-7-16(11-14)19-2/h3,6-7,11,13,15,18H,4-5,8-10,12H2,1-2H3. The van der Waals surface area contributed by atoms with Crippen LogP contribution in [0, 0.1) is 5.92 Å². The van der Waals surface area contributed by atoms with Gasteiger partial charge in [-0.15, -0.1) is 0 Å². The molecule has 1 N–H and O–H groups in total. The van der Waals surface area contributed by atoms with Crippen LogP contribution in [0.4, 0.5) is 0 Å². The molecule has 0 heterocycles. The van der Waals surface area contributed by atoms with E-state index in [1.165, 1.54) is 37.7 Å². The van der Waals surface area contributed by atoms with Crippen molar-refractivity contribution in [2.24, 2.45) is 5.92 Å². The molecule has 2 aliphatic carbocycles. The zero-order valence-corrected chi connectivity index (χ0v) is 12.1. The highest BCUT2D eigenvalue weighted by Crippen LogP contribution is 2.46. The van der Waals surface area contributed by atoms with Crippen molar-refractivity contribution in [3.63, 3.8) is 0 Å². The Morgan fingerprint density at radius 1 is 1.32 bits per heavy atom. The first-order valence-corrected chi connectivity index (χ1v) is 7.62. The van der Waals surface area contributed by atoms with Gasteiger partial charge < -0.3 is 10.1 Å². The van der Waals surface area contributed by atoms with Crippen molar-refractivity contribution < 1.29 is 4.74 Å². The number of nitrogens with one attached hydrogen (secondary N) is 1. The van der Waals surface area contributed by atoms with Crippen molar-refractivity contribution in [1.82, 2.24) is 5.32 Å². The number of benzene rings is 1. The van der Waals surface area contributed by atoms with Gasteiger partial charge in [-0.3, -0.25) is 0 Å². The van der Waals surface area contributed by atoms with Crippen molar-refractivity contribution in [3.8, 4) is 5.75 Å². The lowest BCUT2D eigenvalue weighted by Crippen LogP contribution is -2.41. The monoisotopic (exact) mass is 259 g/mol. The fourth-order valence-electron chi connectivity index (χ4n) is 3.59. The maximum absolute atomic E-state index is 5.41. The Morgan fingerprint density at radius 2 is 2.16 bits per heavy atom. The maximum atomic E-state index is 5.41. The Kier molecular flexibility index (Phi) is 3.53. The Labute approximate surface area is 116 Å². The molecular formula is C17H25NO. The van der Waals surface area contributed by atoms with Crippen molar-refractivity contribution in [2.45, 2.75) is 50.5 Å². The Balaban J connectivity index is 1.88. The molecule has 2 fully saturated rings. The molecule has 19 heavy (non-hydrogen) atoms. The molecule has 1 aromatic rings. The molecule has 2 atom stereocenters. The first-order chi connectivity index (χ1) is 9.24. The van der Waals surface area contributed by atoms with E-state index in [0.29, 0.717) is 5.41 Å². The molecule has 0 aliphatic heterocycles. The topological polar surface area (TPSA) is 21.3 Å². The molecule has 0 amide bonds. The second-order valence-electron chi connectivity index (χ2n) is 6.34. The number of methoxy groups -OCH3 is 1. The van der Waals surface area contributed by atoms with Crippen LogP contribution in [0.1, 0.15) is 44.6 Å². The molecular weight excluding hydrogens is 234 g/mol. The molecule has 2 saturated carbocycles. The average Bonchev–Trinajstić information content (AvgIpc) is 3.20. The summed E-state index contributed by atoms with van der Waals surface area (Å²) in [5.74, 6) is 1.74. The highest BCUT2D eigenvalue weighted by molar-refractivity contribution is 5.36. The van der Waals surface area contributed by atoms with Crippen LogP contribution < -0.4 is 10.1 Å². The fourth-order valence-corrected chi connectivity index (χ4v) is 3.59. The van der Waals surface area contributed by atoms with Gasteiger partial charge in [-0.1, -0.05) is 25.5 Å². The van der Waals surface area contributed by atoms with Crippen LogP contribution in [0.3, 0.4) is 0 Å². The zero-order chi connectivity index (χ0) is 13.3. The van der Waals surface area contributed by atoms with Crippen molar-refractivity contribution in [1.29, 1.82) is 0 Å². The summed E-state index contributed by atoms with van der Waals surface area (Å²) < 4.78 is 5.41. The third kappa shape index (κ3) is 2.51. The van der Waals surface area contributed by atoms with Crippen molar-refractivity contribution in [2.75, 3.05) is 13.7 Å². The average molecular weight is 259 g/mol. The first-order valence-electron chi connectivity index (χ1n) is 7.62. The molecule has 2 unspecified atom stereocenters. The van der Waals surface area contributed by atoms with Crippen LogP contribution in [0.15, 0.2) is 24.3 Å². The minimum Gasteiger partial charge on any atom is -0.497 e. The number of hydrogen-bond donors (Lipinski definition) is 1. The summed E-state index contributed by atoms with van der Waals surface area (Å²) >= 11 is 0. The van der Waals surface area contributed by atoms with Gasteiger partial charge in [-0.2, -0.15) is 0 Å². The molecule has 104 valence electrons. The predicted molar refractivity (Wildman–Crippen MR) is 78.7 cm³/mol. The lowest BCUT2D eigenvalue weighted by molar-refractivity contribution is 0.314. The van der Waals surface area contributed by atoms with E-state index in [4.69, 9.17) is 4.74 Å². The van der Waals surface area contributed by atoms with Crippen LogP contribution in [-0.2, 0) is 5.41 Å². The van der Waals surface area contributed by atoms with E-state index in [0.717, 1.165) is 24.3 Å². The predicted octanol–water partition coefficient (Wildman–Crippen LogP) is 3.51. The van der Waals surface area contributed by atoms with Crippen molar-refractivity contribution >= 4 is 0 Å². The first kappa shape index (κ1) is 13.0. The normalized spacial score (nSPS) is 30.5. The van der Waals surface area contributed by atoms with Gasteiger partial charge in [0.1, 0.15) is 5.75 Å². The molecule has 0 aromatic heterocycles. The van der Waals surface area contributed by atoms with E-state index in [1.807, 2.05) is 6.07 Å². The van der Waals surface area contributed by atoms with Gasteiger partial charge in [0.25, 0.3) is 0 Å². The van der Waals surface area contributed by atoms with Gasteiger partial charge in [0.2, 0.25) is 0 Å². The third-order valence-electron chi connectivity index (χ3n) is 5.13. The lowest BCUT2D eigenvalue weighted by Gasteiger charge is -2.35. The minimum absolute atomic E-state index is 0.317. The second kappa shape index (κ2) is 5.16. The smallest absolute Gasteiger partial charge is 0.119 e. The summed E-state index contributed by atoms with van der Waals surface area (Å²) in [5, 5.41) is 3.76. The zero-order valence-electron chi connectivity index (χ0n) is 12.1. The van der Waals surface area contributed by atoms with Crippen LogP contribution in [0.5, 0.6) is 5.75 Å². The van der Waals surface area contributed by atoms with E-state index in [-0.39, 0.29) is 0 Å². The van der Waals surface area contributed by atoms with E-state index in [9.17, 15) is 0 Å². The SMILES string of the molecule is COc1cccc(C2(CNC3CC3)CCCC2C)c1. The fraction of sp³-hybridized carbons (Fsp3) is 0.647. The molecule has 1 aromatic carbocycles. The van der Waals surface area contributed by atoms with Crippen LogP contribution in [-0.4, -0.2) is 19.7 Å². The second-order valence-corrected chi connectivity index (χ2v) is 6.34. The Bertz CT molecular complexity index is 441.